The number of rotatable bonds is 6. The van der Waals surface area contributed by atoms with E-state index in [0.717, 1.165) is 19.3 Å². The normalized spacial score (nSPS) is 20.7. The lowest BCUT2D eigenvalue weighted by Gasteiger charge is -2.27. The second kappa shape index (κ2) is 9.22. The molecular weight excluding hydrogens is 324 g/mol. The first-order chi connectivity index (χ1) is 11.5. The fraction of sp³-hybridized carbons (Fsp3) is 0.579. The smallest absolute Gasteiger partial charge is 0.192 e. The van der Waals surface area contributed by atoms with Gasteiger partial charge in [-0.2, -0.15) is 0 Å². The molecule has 1 aliphatic rings. The van der Waals surface area contributed by atoms with Gasteiger partial charge in [0.1, 0.15) is 5.25 Å². The average molecular weight is 350 g/mol. The van der Waals surface area contributed by atoms with Gasteiger partial charge in [0.05, 0.1) is 11.0 Å². The Morgan fingerprint density at radius 1 is 1.29 bits per heavy atom. The lowest BCUT2D eigenvalue weighted by Crippen LogP contribution is -2.31. The van der Waals surface area contributed by atoms with Crippen LogP contribution in [0.25, 0.3) is 0 Å². The molecule has 2 rings (SSSR count). The molecule has 1 saturated heterocycles. The molecule has 1 heterocycles. The fourth-order valence-corrected chi connectivity index (χ4v) is 4.32. The molecule has 24 heavy (non-hydrogen) atoms. The van der Waals surface area contributed by atoms with E-state index in [1.165, 1.54) is 0 Å². The zero-order valence-corrected chi connectivity index (χ0v) is 15.2. The van der Waals surface area contributed by atoms with Crippen molar-refractivity contribution in [1.29, 1.82) is 0 Å². The molecule has 132 valence electrons. The summed E-state index contributed by atoms with van der Waals surface area (Å²) in [5.41, 5.74) is 0. The third kappa shape index (κ3) is 5.34. The summed E-state index contributed by atoms with van der Waals surface area (Å²) < 4.78 is 37.2. The van der Waals surface area contributed by atoms with Crippen molar-refractivity contribution >= 4 is 9.84 Å². The zero-order valence-electron chi connectivity index (χ0n) is 14.4. The van der Waals surface area contributed by atoms with Crippen LogP contribution in [0.4, 0.5) is 0 Å². The first-order valence-electron chi connectivity index (χ1n) is 8.58. The molecule has 1 fully saturated rings. The summed E-state index contributed by atoms with van der Waals surface area (Å²) in [5.74, 6) is 5.83. The maximum Gasteiger partial charge on any atom is 0.192 e. The molecule has 0 bridgehead atoms. The van der Waals surface area contributed by atoms with Gasteiger partial charge in [-0.25, -0.2) is 8.42 Å². The molecule has 0 aromatic heterocycles. The molecular formula is C19H26O4S. The molecule has 0 spiro atoms. The molecule has 4 nitrogen and oxygen atoms in total. The van der Waals surface area contributed by atoms with E-state index < -0.39 is 15.1 Å². The van der Waals surface area contributed by atoms with Crippen molar-refractivity contribution in [2.45, 2.75) is 68.5 Å². The SMILES string of the molecule is CCC#CC(C[C@@H](C)OC1CCCCO1)S(=O)(=O)c1ccccc1. The molecule has 3 atom stereocenters. The predicted octanol–water partition coefficient (Wildman–Crippen LogP) is 3.56. The molecule has 1 aromatic rings. The Morgan fingerprint density at radius 3 is 2.67 bits per heavy atom. The largest absolute Gasteiger partial charge is 0.353 e. The second-order valence-electron chi connectivity index (χ2n) is 6.00. The lowest BCUT2D eigenvalue weighted by atomic mass is 10.2. The first kappa shape index (κ1) is 19.0. The highest BCUT2D eigenvalue weighted by Gasteiger charge is 2.29. The quantitative estimate of drug-likeness (QED) is 0.736. The Morgan fingerprint density at radius 2 is 2.04 bits per heavy atom. The van der Waals surface area contributed by atoms with Crippen LogP contribution in [0.5, 0.6) is 0 Å². The van der Waals surface area contributed by atoms with Crippen molar-refractivity contribution in [3.8, 4) is 11.8 Å². The summed E-state index contributed by atoms with van der Waals surface area (Å²) in [6.07, 6.45) is 3.50. The van der Waals surface area contributed by atoms with Gasteiger partial charge in [-0.15, -0.1) is 5.92 Å². The summed E-state index contributed by atoms with van der Waals surface area (Å²) in [7, 11) is -3.50. The molecule has 2 unspecified atom stereocenters. The monoisotopic (exact) mass is 350 g/mol. The van der Waals surface area contributed by atoms with Crippen LogP contribution in [-0.4, -0.2) is 32.7 Å². The van der Waals surface area contributed by atoms with Crippen molar-refractivity contribution in [2.75, 3.05) is 6.61 Å². The van der Waals surface area contributed by atoms with Gasteiger partial charge in [-0.3, -0.25) is 0 Å². The van der Waals surface area contributed by atoms with Crippen LogP contribution in [0.3, 0.4) is 0 Å². The van der Waals surface area contributed by atoms with E-state index in [4.69, 9.17) is 9.47 Å². The minimum Gasteiger partial charge on any atom is -0.353 e. The van der Waals surface area contributed by atoms with Gasteiger partial charge in [0, 0.05) is 19.4 Å². The summed E-state index contributed by atoms with van der Waals surface area (Å²) >= 11 is 0. The summed E-state index contributed by atoms with van der Waals surface area (Å²) in [6.45, 7) is 4.51. The van der Waals surface area contributed by atoms with Crippen molar-refractivity contribution in [3.63, 3.8) is 0 Å². The van der Waals surface area contributed by atoms with Gasteiger partial charge in [0.2, 0.25) is 0 Å². The molecule has 0 aliphatic carbocycles. The van der Waals surface area contributed by atoms with Gasteiger partial charge in [-0.05, 0) is 38.3 Å². The van der Waals surface area contributed by atoms with E-state index in [9.17, 15) is 8.42 Å². The van der Waals surface area contributed by atoms with Crippen molar-refractivity contribution in [2.24, 2.45) is 0 Å². The molecule has 0 amide bonds. The van der Waals surface area contributed by atoms with Crippen LogP contribution in [0, 0.1) is 11.8 Å². The first-order valence-corrected chi connectivity index (χ1v) is 10.1. The molecule has 1 aliphatic heterocycles. The number of hydrogen-bond acceptors (Lipinski definition) is 4. The van der Waals surface area contributed by atoms with Crippen LogP contribution in [0.1, 0.15) is 46.0 Å². The maximum absolute atomic E-state index is 12.9. The Hall–Kier alpha value is -1.35. The standard InChI is InChI=1S/C19H26O4S/c1-3-4-10-18(24(20,21)17-11-6-5-7-12-17)15-16(2)23-19-13-8-9-14-22-19/h5-7,11-12,16,18-19H,3,8-9,13-15H2,1-2H3/t16-,18?,19?/m1/s1. The summed E-state index contributed by atoms with van der Waals surface area (Å²) in [5, 5.41) is -0.765. The van der Waals surface area contributed by atoms with Gasteiger partial charge < -0.3 is 9.47 Å². The van der Waals surface area contributed by atoms with E-state index in [-0.39, 0.29) is 12.4 Å². The maximum atomic E-state index is 12.9. The molecule has 0 radical (unpaired) electrons. The average Bonchev–Trinajstić information content (AvgIpc) is 2.60. The molecule has 1 aromatic carbocycles. The van der Waals surface area contributed by atoms with E-state index in [0.29, 0.717) is 24.3 Å². The van der Waals surface area contributed by atoms with Crippen LogP contribution < -0.4 is 0 Å². The number of ether oxygens (including phenoxy) is 2. The Bertz CT molecular complexity index is 652. The topological polar surface area (TPSA) is 52.6 Å². The Balaban J connectivity index is 2.10. The fourth-order valence-electron chi connectivity index (χ4n) is 2.69. The summed E-state index contributed by atoms with van der Waals surface area (Å²) in [6, 6.07) is 8.50. The van der Waals surface area contributed by atoms with Crippen LogP contribution in [0.15, 0.2) is 35.2 Å². The highest BCUT2D eigenvalue weighted by atomic mass is 32.2. The van der Waals surface area contributed by atoms with Crippen molar-refractivity contribution in [3.05, 3.63) is 30.3 Å². The van der Waals surface area contributed by atoms with Gasteiger partial charge in [0.25, 0.3) is 0 Å². The predicted molar refractivity (Wildman–Crippen MR) is 94.2 cm³/mol. The highest BCUT2D eigenvalue weighted by molar-refractivity contribution is 7.92. The van der Waals surface area contributed by atoms with Crippen LogP contribution in [-0.2, 0) is 19.3 Å². The lowest BCUT2D eigenvalue weighted by molar-refractivity contribution is -0.184. The summed E-state index contributed by atoms with van der Waals surface area (Å²) in [4.78, 5) is 0.307. The third-order valence-electron chi connectivity index (χ3n) is 3.95. The highest BCUT2D eigenvalue weighted by Crippen LogP contribution is 2.22. The number of sulfone groups is 1. The Kier molecular flexibility index (Phi) is 7.29. The van der Waals surface area contributed by atoms with E-state index in [1.807, 2.05) is 13.8 Å². The van der Waals surface area contributed by atoms with Crippen LogP contribution in [0.2, 0.25) is 0 Å². The number of benzene rings is 1. The van der Waals surface area contributed by atoms with Gasteiger partial charge in [0.15, 0.2) is 16.1 Å². The second-order valence-corrected chi connectivity index (χ2v) is 8.13. The third-order valence-corrected chi connectivity index (χ3v) is 5.94. The minimum absolute atomic E-state index is 0.229. The Labute approximate surface area is 145 Å². The van der Waals surface area contributed by atoms with E-state index in [1.54, 1.807) is 30.3 Å². The van der Waals surface area contributed by atoms with Gasteiger partial charge in [-0.1, -0.05) is 31.0 Å². The molecule has 5 heteroatoms. The van der Waals surface area contributed by atoms with Gasteiger partial charge >= 0.3 is 0 Å². The molecule has 0 saturated carbocycles. The van der Waals surface area contributed by atoms with E-state index in [2.05, 4.69) is 11.8 Å². The van der Waals surface area contributed by atoms with E-state index >= 15 is 0 Å². The molecule has 0 N–H and O–H groups in total. The number of hydrogen-bond donors (Lipinski definition) is 0. The van der Waals surface area contributed by atoms with Crippen molar-refractivity contribution in [1.82, 2.24) is 0 Å². The van der Waals surface area contributed by atoms with Crippen LogP contribution >= 0.6 is 0 Å². The minimum atomic E-state index is -3.50. The zero-order chi connectivity index (χ0) is 17.4. The van der Waals surface area contributed by atoms with Crippen molar-refractivity contribution < 1.29 is 17.9 Å².